The van der Waals surface area contributed by atoms with E-state index in [1.54, 1.807) is 39.5 Å². The van der Waals surface area contributed by atoms with Crippen LogP contribution in [0.3, 0.4) is 0 Å². The molecule has 180 valence electrons. The van der Waals surface area contributed by atoms with E-state index in [1.807, 2.05) is 42.5 Å². The highest BCUT2D eigenvalue weighted by Crippen LogP contribution is 2.28. The fourth-order valence-electron chi connectivity index (χ4n) is 3.69. The Labute approximate surface area is 203 Å². The van der Waals surface area contributed by atoms with Gasteiger partial charge in [0.05, 0.1) is 32.7 Å². The van der Waals surface area contributed by atoms with Gasteiger partial charge in [0.15, 0.2) is 11.5 Å². The highest BCUT2D eigenvalue weighted by Gasteiger charge is 2.18. The first kappa shape index (κ1) is 23.8. The number of ether oxygens (including phenoxy) is 3. The van der Waals surface area contributed by atoms with Gasteiger partial charge in [0.2, 0.25) is 0 Å². The van der Waals surface area contributed by atoms with Gasteiger partial charge in [-0.15, -0.1) is 0 Å². The number of halogens is 1. The van der Waals surface area contributed by atoms with Crippen LogP contribution >= 0.6 is 0 Å². The molecule has 0 bridgehead atoms. The molecule has 4 rings (SSSR count). The van der Waals surface area contributed by atoms with Gasteiger partial charge in [-0.1, -0.05) is 18.2 Å². The first-order valence-corrected chi connectivity index (χ1v) is 11.0. The largest absolute Gasteiger partial charge is 0.497 e. The van der Waals surface area contributed by atoms with Gasteiger partial charge in [0, 0.05) is 12.1 Å². The lowest BCUT2D eigenvalue weighted by Gasteiger charge is -2.11. The molecule has 4 aromatic rings. The summed E-state index contributed by atoms with van der Waals surface area (Å²) < 4.78 is 31.0. The molecular weight excluding hydrogens is 449 g/mol. The summed E-state index contributed by atoms with van der Waals surface area (Å²) in [5, 5.41) is 7.58. The normalized spacial score (nSPS) is 10.6. The van der Waals surface area contributed by atoms with Crippen molar-refractivity contribution in [2.24, 2.45) is 0 Å². The Balaban J connectivity index is 1.57. The van der Waals surface area contributed by atoms with Crippen LogP contribution < -0.4 is 19.5 Å². The Morgan fingerprint density at radius 1 is 0.914 bits per heavy atom. The predicted octanol–water partition coefficient (Wildman–Crippen LogP) is 4.68. The SMILES string of the molecule is COc1cccc(-c2cc(C(=O)NCCc3ccc(OC)c(OC)c3)n(-c3ccc(F)cc3)n2)c1. The Morgan fingerprint density at radius 3 is 2.40 bits per heavy atom. The number of methoxy groups -OCH3 is 3. The van der Waals surface area contributed by atoms with Crippen molar-refractivity contribution in [3.63, 3.8) is 0 Å². The number of hydrogen-bond donors (Lipinski definition) is 1. The molecule has 7 nitrogen and oxygen atoms in total. The summed E-state index contributed by atoms with van der Waals surface area (Å²) in [6, 6.07) is 20.6. The Bertz CT molecular complexity index is 1320. The van der Waals surface area contributed by atoms with Crippen LogP contribution in [-0.4, -0.2) is 43.6 Å². The third-order valence-electron chi connectivity index (χ3n) is 5.53. The highest BCUT2D eigenvalue weighted by atomic mass is 19.1. The zero-order chi connectivity index (χ0) is 24.8. The van der Waals surface area contributed by atoms with E-state index in [1.165, 1.54) is 16.8 Å². The van der Waals surface area contributed by atoms with Crippen LogP contribution in [0.15, 0.2) is 72.8 Å². The van der Waals surface area contributed by atoms with Crippen LogP contribution in [0.2, 0.25) is 0 Å². The van der Waals surface area contributed by atoms with Crippen molar-refractivity contribution in [2.75, 3.05) is 27.9 Å². The van der Waals surface area contributed by atoms with Crippen LogP contribution in [0.4, 0.5) is 4.39 Å². The highest BCUT2D eigenvalue weighted by molar-refractivity contribution is 5.94. The van der Waals surface area contributed by atoms with Gasteiger partial charge in [-0.3, -0.25) is 4.79 Å². The van der Waals surface area contributed by atoms with E-state index in [0.29, 0.717) is 47.3 Å². The van der Waals surface area contributed by atoms with E-state index in [-0.39, 0.29) is 11.7 Å². The van der Waals surface area contributed by atoms with Gasteiger partial charge < -0.3 is 19.5 Å². The number of carbonyl (C=O) groups is 1. The van der Waals surface area contributed by atoms with Gasteiger partial charge >= 0.3 is 0 Å². The van der Waals surface area contributed by atoms with Crippen molar-refractivity contribution < 1.29 is 23.4 Å². The maximum Gasteiger partial charge on any atom is 0.270 e. The summed E-state index contributed by atoms with van der Waals surface area (Å²) in [5.74, 6) is 1.30. The van der Waals surface area contributed by atoms with E-state index >= 15 is 0 Å². The second kappa shape index (κ2) is 10.7. The first-order valence-electron chi connectivity index (χ1n) is 11.0. The molecule has 35 heavy (non-hydrogen) atoms. The molecule has 3 aromatic carbocycles. The fraction of sp³-hybridized carbons (Fsp3) is 0.185. The summed E-state index contributed by atoms with van der Waals surface area (Å²) in [4.78, 5) is 13.2. The molecule has 1 aromatic heterocycles. The molecule has 0 aliphatic heterocycles. The van der Waals surface area contributed by atoms with Gasteiger partial charge in [0.25, 0.3) is 5.91 Å². The summed E-state index contributed by atoms with van der Waals surface area (Å²) in [6.45, 7) is 0.400. The van der Waals surface area contributed by atoms with E-state index in [0.717, 1.165) is 11.1 Å². The third kappa shape index (κ3) is 5.43. The fourth-order valence-corrected chi connectivity index (χ4v) is 3.69. The Morgan fingerprint density at radius 2 is 1.69 bits per heavy atom. The predicted molar refractivity (Wildman–Crippen MR) is 131 cm³/mol. The minimum atomic E-state index is -0.366. The van der Waals surface area contributed by atoms with E-state index < -0.39 is 0 Å². The number of hydrogen-bond acceptors (Lipinski definition) is 5. The summed E-state index contributed by atoms with van der Waals surface area (Å²) >= 11 is 0. The van der Waals surface area contributed by atoms with E-state index in [4.69, 9.17) is 14.2 Å². The molecule has 0 fully saturated rings. The summed E-state index contributed by atoms with van der Waals surface area (Å²) in [6.07, 6.45) is 0.597. The number of nitrogens with one attached hydrogen (secondary N) is 1. The minimum Gasteiger partial charge on any atom is -0.497 e. The van der Waals surface area contributed by atoms with E-state index in [2.05, 4.69) is 10.4 Å². The molecule has 0 aliphatic carbocycles. The van der Waals surface area contributed by atoms with E-state index in [9.17, 15) is 9.18 Å². The Kier molecular flexibility index (Phi) is 7.30. The molecule has 1 N–H and O–H groups in total. The molecule has 0 spiro atoms. The smallest absolute Gasteiger partial charge is 0.270 e. The summed E-state index contributed by atoms with van der Waals surface area (Å²) in [7, 11) is 4.76. The molecule has 0 saturated heterocycles. The molecular formula is C27H26FN3O4. The second-order valence-electron chi connectivity index (χ2n) is 7.73. The Hall–Kier alpha value is -4.33. The number of amides is 1. The number of nitrogens with zero attached hydrogens (tertiary/aromatic N) is 2. The molecule has 0 radical (unpaired) electrons. The topological polar surface area (TPSA) is 74.6 Å². The maximum absolute atomic E-state index is 13.5. The van der Waals surface area contributed by atoms with Crippen molar-refractivity contribution >= 4 is 5.91 Å². The van der Waals surface area contributed by atoms with Crippen molar-refractivity contribution in [3.05, 3.63) is 89.9 Å². The van der Waals surface area contributed by atoms with Gasteiger partial charge in [-0.25, -0.2) is 9.07 Å². The van der Waals surface area contributed by atoms with Crippen molar-refractivity contribution in [2.45, 2.75) is 6.42 Å². The number of benzene rings is 3. The van der Waals surface area contributed by atoms with Gasteiger partial charge in [-0.05, 0) is 66.6 Å². The molecule has 0 saturated carbocycles. The third-order valence-corrected chi connectivity index (χ3v) is 5.53. The van der Waals surface area contributed by atoms with Crippen molar-refractivity contribution in [3.8, 4) is 34.2 Å². The lowest BCUT2D eigenvalue weighted by Crippen LogP contribution is -2.27. The number of aromatic nitrogens is 2. The standard InChI is InChI=1S/C27H26FN3O4/c1-33-22-6-4-5-19(16-22)23-17-24(31(30-23)21-10-8-20(28)9-11-21)27(32)29-14-13-18-7-12-25(34-2)26(15-18)35-3/h4-12,15-17H,13-14H2,1-3H3,(H,29,32). The van der Waals surface area contributed by atoms with Crippen LogP contribution in [0.5, 0.6) is 17.2 Å². The maximum atomic E-state index is 13.5. The first-order chi connectivity index (χ1) is 17.0. The quantitative estimate of drug-likeness (QED) is 0.381. The number of rotatable bonds is 9. The van der Waals surface area contributed by atoms with Crippen LogP contribution in [0.25, 0.3) is 16.9 Å². The molecule has 0 atom stereocenters. The molecule has 0 unspecified atom stereocenters. The lowest BCUT2D eigenvalue weighted by molar-refractivity contribution is 0.0946. The minimum absolute atomic E-state index is 0.295. The van der Waals surface area contributed by atoms with Crippen molar-refractivity contribution in [1.29, 1.82) is 0 Å². The number of carbonyl (C=O) groups excluding carboxylic acids is 1. The monoisotopic (exact) mass is 475 g/mol. The zero-order valence-corrected chi connectivity index (χ0v) is 19.7. The van der Waals surface area contributed by atoms with Gasteiger partial charge in [0.1, 0.15) is 17.3 Å². The van der Waals surface area contributed by atoms with Crippen LogP contribution in [-0.2, 0) is 6.42 Å². The second-order valence-corrected chi connectivity index (χ2v) is 7.73. The van der Waals surface area contributed by atoms with Crippen molar-refractivity contribution in [1.82, 2.24) is 15.1 Å². The molecule has 8 heteroatoms. The zero-order valence-electron chi connectivity index (χ0n) is 19.7. The summed E-state index contributed by atoms with van der Waals surface area (Å²) in [5.41, 5.74) is 3.29. The molecule has 0 aliphatic rings. The lowest BCUT2D eigenvalue weighted by atomic mass is 10.1. The van der Waals surface area contributed by atoms with Crippen LogP contribution in [0, 0.1) is 5.82 Å². The molecule has 1 amide bonds. The average molecular weight is 476 g/mol. The average Bonchev–Trinajstić information content (AvgIpc) is 3.34. The van der Waals surface area contributed by atoms with Crippen LogP contribution in [0.1, 0.15) is 16.1 Å². The van der Waals surface area contributed by atoms with Gasteiger partial charge in [-0.2, -0.15) is 5.10 Å². The molecule has 1 heterocycles.